The first-order valence-corrected chi connectivity index (χ1v) is 6.99. The van der Waals surface area contributed by atoms with Gasteiger partial charge >= 0.3 is 0 Å². The molecular formula is C14H14BrN5. The molecule has 0 spiro atoms. The molecule has 1 atom stereocenters. The number of aromatic nitrogens is 3. The zero-order valence-corrected chi connectivity index (χ0v) is 12.5. The van der Waals surface area contributed by atoms with Crippen molar-refractivity contribution in [3.05, 3.63) is 58.5 Å². The third-order valence-corrected chi connectivity index (χ3v) is 3.98. The lowest BCUT2D eigenvalue weighted by Crippen LogP contribution is -2.30. The minimum Gasteiger partial charge on any atom is -0.271 e. The van der Waals surface area contributed by atoms with Crippen LogP contribution in [0.4, 0.5) is 0 Å². The van der Waals surface area contributed by atoms with Crippen LogP contribution in [0.2, 0.25) is 0 Å². The van der Waals surface area contributed by atoms with E-state index in [-0.39, 0.29) is 6.04 Å². The van der Waals surface area contributed by atoms with Crippen molar-refractivity contribution in [2.45, 2.75) is 6.04 Å². The highest BCUT2D eigenvalue weighted by Gasteiger charge is 2.21. The van der Waals surface area contributed by atoms with Crippen LogP contribution >= 0.6 is 15.9 Å². The molecule has 0 aliphatic heterocycles. The highest BCUT2D eigenvalue weighted by molar-refractivity contribution is 9.10. The number of hydrogen-bond donors (Lipinski definition) is 2. The fraction of sp³-hybridized carbons (Fsp3) is 0.143. The van der Waals surface area contributed by atoms with Gasteiger partial charge in [-0.3, -0.25) is 15.5 Å². The summed E-state index contributed by atoms with van der Waals surface area (Å²) in [5, 5.41) is 5.32. The Hall–Kier alpha value is -1.76. The standard InChI is InChI=1S/C14H14BrN5/c1-20-14(11(15)8-18-20)13(19-16)10-4-2-6-12-9(10)5-3-7-17-12/h2-8,13,19H,16H2,1H3. The zero-order chi connectivity index (χ0) is 14.1. The van der Waals surface area contributed by atoms with Gasteiger partial charge in [0.05, 0.1) is 27.9 Å². The van der Waals surface area contributed by atoms with E-state index < -0.39 is 0 Å². The van der Waals surface area contributed by atoms with Crippen molar-refractivity contribution in [3.63, 3.8) is 0 Å². The van der Waals surface area contributed by atoms with Gasteiger partial charge in [-0.15, -0.1) is 0 Å². The van der Waals surface area contributed by atoms with Crippen LogP contribution in [0.3, 0.4) is 0 Å². The molecule has 0 amide bonds. The second-order valence-electron chi connectivity index (χ2n) is 4.52. The summed E-state index contributed by atoms with van der Waals surface area (Å²) in [6.45, 7) is 0. The first-order chi connectivity index (χ1) is 9.72. The van der Waals surface area contributed by atoms with Crippen molar-refractivity contribution in [1.29, 1.82) is 0 Å². The monoisotopic (exact) mass is 331 g/mol. The number of fused-ring (bicyclic) bond motifs is 1. The van der Waals surface area contributed by atoms with Crippen LogP contribution in [-0.4, -0.2) is 14.8 Å². The smallest absolute Gasteiger partial charge is 0.0896 e. The number of pyridine rings is 1. The van der Waals surface area contributed by atoms with E-state index in [9.17, 15) is 0 Å². The summed E-state index contributed by atoms with van der Waals surface area (Å²) in [5.74, 6) is 5.79. The van der Waals surface area contributed by atoms with Crippen molar-refractivity contribution in [2.75, 3.05) is 0 Å². The number of aryl methyl sites for hydroxylation is 1. The average molecular weight is 332 g/mol. The van der Waals surface area contributed by atoms with Gasteiger partial charge in [0, 0.05) is 18.6 Å². The topological polar surface area (TPSA) is 68.8 Å². The molecule has 0 saturated heterocycles. The predicted molar refractivity (Wildman–Crippen MR) is 81.8 cm³/mol. The number of nitrogens with two attached hydrogens (primary N) is 1. The van der Waals surface area contributed by atoms with E-state index >= 15 is 0 Å². The SMILES string of the molecule is Cn1ncc(Br)c1C(NN)c1cccc2ncccc12. The van der Waals surface area contributed by atoms with Gasteiger partial charge in [0.15, 0.2) is 0 Å². The molecule has 0 saturated carbocycles. The van der Waals surface area contributed by atoms with E-state index in [1.54, 1.807) is 12.4 Å². The number of hydrazine groups is 1. The quantitative estimate of drug-likeness (QED) is 0.570. The molecule has 0 fully saturated rings. The molecule has 1 unspecified atom stereocenters. The summed E-state index contributed by atoms with van der Waals surface area (Å²) >= 11 is 3.53. The molecule has 1 aromatic carbocycles. The van der Waals surface area contributed by atoms with E-state index in [2.05, 4.69) is 31.4 Å². The van der Waals surface area contributed by atoms with Crippen LogP contribution in [0.5, 0.6) is 0 Å². The van der Waals surface area contributed by atoms with E-state index in [1.165, 1.54) is 0 Å². The summed E-state index contributed by atoms with van der Waals surface area (Å²) in [6.07, 6.45) is 3.56. The van der Waals surface area contributed by atoms with Gasteiger partial charge in [-0.1, -0.05) is 18.2 Å². The van der Waals surface area contributed by atoms with Crippen LogP contribution in [0.15, 0.2) is 47.2 Å². The Morgan fingerprint density at radius 1 is 1.30 bits per heavy atom. The van der Waals surface area contributed by atoms with Crippen LogP contribution < -0.4 is 11.3 Å². The minimum absolute atomic E-state index is 0.162. The highest BCUT2D eigenvalue weighted by atomic mass is 79.9. The lowest BCUT2D eigenvalue weighted by Gasteiger charge is -2.19. The van der Waals surface area contributed by atoms with Crippen molar-refractivity contribution in [2.24, 2.45) is 12.9 Å². The molecule has 102 valence electrons. The van der Waals surface area contributed by atoms with Crippen LogP contribution in [-0.2, 0) is 7.05 Å². The van der Waals surface area contributed by atoms with Crippen molar-refractivity contribution >= 4 is 26.8 Å². The first-order valence-electron chi connectivity index (χ1n) is 6.19. The molecule has 5 nitrogen and oxygen atoms in total. The lowest BCUT2D eigenvalue weighted by atomic mass is 9.99. The van der Waals surface area contributed by atoms with Crippen LogP contribution in [0.1, 0.15) is 17.3 Å². The largest absolute Gasteiger partial charge is 0.271 e. The Morgan fingerprint density at radius 3 is 2.85 bits per heavy atom. The number of nitrogens with zero attached hydrogens (tertiary/aromatic N) is 3. The van der Waals surface area contributed by atoms with E-state index in [0.29, 0.717) is 0 Å². The zero-order valence-electron chi connectivity index (χ0n) is 10.9. The summed E-state index contributed by atoms with van der Waals surface area (Å²) in [7, 11) is 1.90. The molecule has 0 aliphatic carbocycles. The van der Waals surface area contributed by atoms with E-state index in [1.807, 2.05) is 42.1 Å². The normalized spacial score (nSPS) is 12.8. The Balaban J connectivity index is 2.22. The second-order valence-corrected chi connectivity index (χ2v) is 5.37. The molecule has 20 heavy (non-hydrogen) atoms. The van der Waals surface area contributed by atoms with Gasteiger partial charge in [-0.05, 0) is 33.6 Å². The molecule has 0 radical (unpaired) electrons. The molecule has 3 N–H and O–H groups in total. The van der Waals surface area contributed by atoms with Crippen molar-refractivity contribution in [1.82, 2.24) is 20.2 Å². The molecule has 3 rings (SSSR count). The van der Waals surface area contributed by atoms with Crippen molar-refractivity contribution in [3.8, 4) is 0 Å². The molecule has 3 aromatic rings. The third kappa shape index (κ3) is 2.11. The fourth-order valence-corrected chi connectivity index (χ4v) is 3.02. The number of nitrogens with one attached hydrogen (secondary N) is 1. The minimum atomic E-state index is -0.162. The van der Waals surface area contributed by atoms with Gasteiger partial charge < -0.3 is 0 Å². The summed E-state index contributed by atoms with van der Waals surface area (Å²) in [5.41, 5.74) is 5.87. The summed E-state index contributed by atoms with van der Waals surface area (Å²) in [6, 6.07) is 9.84. The summed E-state index contributed by atoms with van der Waals surface area (Å²) in [4.78, 5) is 4.38. The van der Waals surface area contributed by atoms with E-state index in [0.717, 1.165) is 26.6 Å². The molecule has 0 aliphatic rings. The number of halogens is 1. The van der Waals surface area contributed by atoms with Gasteiger partial charge in [0.25, 0.3) is 0 Å². The number of hydrogen-bond acceptors (Lipinski definition) is 4. The van der Waals surface area contributed by atoms with Gasteiger partial charge in [-0.2, -0.15) is 5.10 Å². The maximum Gasteiger partial charge on any atom is 0.0896 e. The van der Waals surface area contributed by atoms with Gasteiger partial charge in [-0.25, -0.2) is 5.43 Å². The Bertz CT molecular complexity index is 727. The average Bonchev–Trinajstić information content (AvgIpc) is 2.81. The van der Waals surface area contributed by atoms with Crippen molar-refractivity contribution < 1.29 is 0 Å². The maximum absolute atomic E-state index is 5.79. The van der Waals surface area contributed by atoms with Gasteiger partial charge in [0.1, 0.15) is 0 Å². The number of rotatable bonds is 3. The fourth-order valence-electron chi connectivity index (χ4n) is 2.44. The first kappa shape index (κ1) is 13.2. The van der Waals surface area contributed by atoms with Crippen LogP contribution in [0.25, 0.3) is 10.9 Å². The Labute approximate surface area is 124 Å². The van der Waals surface area contributed by atoms with Gasteiger partial charge in [0.2, 0.25) is 0 Å². The molecular weight excluding hydrogens is 318 g/mol. The highest BCUT2D eigenvalue weighted by Crippen LogP contribution is 2.31. The second kappa shape index (κ2) is 5.32. The number of benzene rings is 1. The molecule has 2 aromatic heterocycles. The maximum atomic E-state index is 5.79. The lowest BCUT2D eigenvalue weighted by molar-refractivity contribution is 0.576. The van der Waals surface area contributed by atoms with E-state index in [4.69, 9.17) is 5.84 Å². The third-order valence-electron chi connectivity index (χ3n) is 3.37. The Morgan fingerprint density at radius 2 is 2.15 bits per heavy atom. The molecule has 0 bridgehead atoms. The Kier molecular flexibility index (Phi) is 3.52. The molecule has 6 heteroatoms. The predicted octanol–water partition coefficient (Wildman–Crippen LogP) is 2.28. The molecule has 2 heterocycles. The summed E-state index contributed by atoms with van der Waals surface area (Å²) < 4.78 is 2.73. The van der Waals surface area contributed by atoms with Crippen LogP contribution in [0, 0.1) is 0 Å².